The number of nitrogens with zero attached hydrogens (tertiary/aromatic N) is 1. The Morgan fingerprint density at radius 2 is 2.29 bits per heavy atom. The van der Waals surface area contributed by atoms with E-state index in [4.69, 9.17) is 4.74 Å². The average Bonchev–Trinajstić information content (AvgIpc) is 2.55. The molecule has 2 heterocycles. The van der Waals surface area contributed by atoms with Crippen molar-refractivity contribution in [3.05, 3.63) is 11.4 Å². The summed E-state index contributed by atoms with van der Waals surface area (Å²) in [6.45, 7) is 5.49. The average molecular weight is 255 g/mol. The molecule has 0 unspecified atom stereocenters. The van der Waals surface area contributed by atoms with Gasteiger partial charge in [0.25, 0.3) is 0 Å². The third kappa shape index (κ3) is 3.39. The number of rotatable bonds is 1. The van der Waals surface area contributed by atoms with Crippen LogP contribution in [0.2, 0.25) is 0 Å². The number of hydrogen-bond donors (Lipinski definition) is 2. The third-order valence-corrected chi connectivity index (χ3v) is 3.20. The predicted molar refractivity (Wildman–Crippen MR) is 68.3 cm³/mol. The number of anilines is 1. The van der Waals surface area contributed by atoms with Gasteiger partial charge in [0.15, 0.2) is 0 Å². The van der Waals surface area contributed by atoms with Crippen LogP contribution in [0, 0.1) is 0 Å². The highest BCUT2D eigenvalue weighted by atomic mass is 32.2. The number of aryl methyl sites for hydroxylation is 1. The van der Waals surface area contributed by atoms with Gasteiger partial charge in [-0.1, -0.05) is 0 Å². The van der Waals surface area contributed by atoms with Crippen LogP contribution in [-0.4, -0.2) is 27.4 Å². The molecule has 5 nitrogen and oxygen atoms in total. The van der Waals surface area contributed by atoms with Crippen molar-refractivity contribution in [2.24, 2.45) is 0 Å². The van der Waals surface area contributed by atoms with Gasteiger partial charge in [-0.2, -0.15) is 11.8 Å². The van der Waals surface area contributed by atoms with E-state index < -0.39 is 11.7 Å². The molecule has 94 valence electrons. The lowest BCUT2D eigenvalue weighted by molar-refractivity contribution is 0.0635. The number of carbonyl (C=O) groups is 1. The van der Waals surface area contributed by atoms with Gasteiger partial charge in [0.1, 0.15) is 5.60 Å². The summed E-state index contributed by atoms with van der Waals surface area (Å²) in [7, 11) is 0. The molecule has 1 aromatic rings. The molecular weight excluding hydrogens is 238 g/mol. The monoisotopic (exact) mass is 255 g/mol. The molecule has 0 saturated carbocycles. The number of aromatic amines is 1. The molecule has 2 rings (SSSR count). The standard InChI is InChI=1S/C11H17N3O2S/c1-11(2,3)16-10(15)14-9-12-7-4-5-17-6-8(7)13-9/h4-6H2,1-3H3,(H2,12,13,14,15). The van der Waals surface area contributed by atoms with Crippen molar-refractivity contribution < 1.29 is 9.53 Å². The number of ether oxygens (including phenoxy) is 1. The molecule has 17 heavy (non-hydrogen) atoms. The first-order valence-electron chi connectivity index (χ1n) is 5.59. The molecule has 0 aromatic carbocycles. The van der Waals surface area contributed by atoms with Crippen molar-refractivity contribution in [2.45, 2.75) is 38.5 Å². The first-order valence-corrected chi connectivity index (χ1v) is 6.75. The Balaban J connectivity index is 1.99. The van der Waals surface area contributed by atoms with E-state index in [9.17, 15) is 4.79 Å². The van der Waals surface area contributed by atoms with E-state index in [2.05, 4.69) is 15.3 Å². The van der Waals surface area contributed by atoms with Crippen LogP contribution < -0.4 is 5.32 Å². The van der Waals surface area contributed by atoms with Crippen LogP contribution in [0.3, 0.4) is 0 Å². The van der Waals surface area contributed by atoms with Crippen molar-refractivity contribution in [1.82, 2.24) is 9.97 Å². The number of imidazole rings is 1. The Hall–Kier alpha value is -1.17. The maximum atomic E-state index is 11.5. The minimum absolute atomic E-state index is 0.476. The lowest BCUT2D eigenvalue weighted by Crippen LogP contribution is -2.27. The summed E-state index contributed by atoms with van der Waals surface area (Å²) in [5, 5.41) is 2.62. The van der Waals surface area contributed by atoms with Gasteiger partial charge >= 0.3 is 6.09 Å². The van der Waals surface area contributed by atoms with Gasteiger partial charge in [0.2, 0.25) is 5.95 Å². The number of hydrogen-bond acceptors (Lipinski definition) is 4. The van der Waals surface area contributed by atoms with E-state index in [0.29, 0.717) is 5.95 Å². The maximum absolute atomic E-state index is 11.5. The third-order valence-electron chi connectivity index (χ3n) is 2.21. The second-order valence-corrected chi connectivity index (χ2v) is 6.05. The number of amides is 1. The van der Waals surface area contributed by atoms with E-state index >= 15 is 0 Å². The summed E-state index contributed by atoms with van der Waals surface area (Å²) in [5.41, 5.74) is 1.66. The fourth-order valence-corrected chi connectivity index (χ4v) is 2.50. The Morgan fingerprint density at radius 3 is 2.94 bits per heavy atom. The number of H-pyrrole nitrogens is 1. The summed E-state index contributed by atoms with van der Waals surface area (Å²) in [4.78, 5) is 19.0. The van der Waals surface area contributed by atoms with E-state index in [1.165, 1.54) is 0 Å². The Bertz CT molecular complexity index is 399. The molecule has 6 heteroatoms. The van der Waals surface area contributed by atoms with E-state index in [1.807, 2.05) is 32.5 Å². The van der Waals surface area contributed by atoms with Crippen molar-refractivity contribution in [2.75, 3.05) is 11.1 Å². The van der Waals surface area contributed by atoms with Crippen molar-refractivity contribution >= 4 is 23.8 Å². The van der Waals surface area contributed by atoms with Gasteiger partial charge in [0, 0.05) is 17.9 Å². The van der Waals surface area contributed by atoms with Gasteiger partial charge in [-0.25, -0.2) is 9.78 Å². The molecule has 0 spiro atoms. The summed E-state index contributed by atoms with van der Waals surface area (Å²) >= 11 is 1.86. The minimum atomic E-state index is -0.494. The van der Waals surface area contributed by atoms with Crippen LogP contribution in [0.4, 0.5) is 10.7 Å². The smallest absolute Gasteiger partial charge is 0.414 e. The van der Waals surface area contributed by atoms with Crippen LogP contribution in [0.1, 0.15) is 32.2 Å². The molecule has 0 bridgehead atoms. The Morgan fingerprint density at radius 1 is 1.53 bits per heavy atom. The van der Waals surface area contributed by atoms with Crippen molar-refractivity contribution in [1.29, 1.82) is 0 Å². The van der Waals surface area contributed by atoms with Crippen molar-refractivity contribution in [3.8, 4) is 0 Å². The zero-order valence-electron chi connectivity index (χ0n) is 10.3. The highest BCUT2D eigenvalue weighted by Gasteiger charge is 2.19. The van der Waals surface area contributed by atoms with Gasteiger partial charge in [-0.05, 0) is 26.5 Å². The largest absolute Gasteiger partial charge is 0.444 e. The van der Waals surface area contributed by atoms with E-state index in [1.54, 1.807) is 0 Å². The Kier molecular flexibility index (Phi) is 3.33. The second-order valence-electron chi connectivity index (χ2n) is 4.94. The summed E-state index contributed by atoms with van der Waals surface area (Å²) < 4.78 is 5.16. The van der Waals surface area contributed by atoms with Crippen LogP contribution in [0.15, 0.2) is 0 Å². The molecule has 1 aromatic heterocycles. The fraction of sp³-hybridized carbons (Fsp3) is 0.636. The van der Waals surface area contributed by atoms with Gasteiger partial charge in [-0.3, -0.25) is 5.32 Å². The molecular formula is C11H17N3O2S. The zero-order valence-corrected chi connectivity index (χ0v) is 11.1. The molecule has 1 amide bonds. The molecule has 0 atom stereocenters. The van der Waals surface area contributed by atoms with Gasteiger partial charge < -0.3 is 9.72 Å². The summed E-state index contributed by atoms with van der Waals surface area (Å²) in [6, 6.07) is 0. The number of fused-ring (bicyclic) bond motifs is 1. The summed E-state index contributed by atoms with van der Waals surface area (Å²) in [5.74, 6) is 2.49. The summed E-state index contributed by atoms with van der Waals surface area (Å²) in [6.07, 6.45) is 0.475. The highest BCUT2D eigenvalue weighted by Crippen LogP contribution is 2.23. The first kappa shape index (κ1) is 12.3. The highest BCUT2D eigenvalue weighted by molar-refractivity contribution is 7.98. The maximum Gasteiger partial charge on any atom is 0.414 e. The SMILES string of the molecule is CC(C)(C)OC(=O)Nc1nc2c([nH]1)CSCC2. The lowest BCUT2D eigenvalue weighted by Gasteiger charge is -2.18. The number of carbonyl (C=O) groups excluding carboxylic acids is 1. The van der Waals surface area contributed by atoms with Gasteiger partial charge in [0.05, 0.1) is 5.69 Å². The minimum Gasteiger partial charge on any atom is -0.444 e. The molecule has 2 N–H and O–H groups in total. The van der Waals surface area contributed by atoms with Crippen LogP contribution in [0.5, 0.6) is 0 Å². The number of nitrogens with one attached hydrogen (secondary N) is 2. The Labute approximate surface area is 105 Å². The molecule has 0 aliphatic carbocycles. The number of thioether (sulfide) groups is 1. The second kappa shape index (κ2) is 4.60. The van der Waals surface area contributed by atoms with Crippen molar-refractivity contribution in [3.63, 3.8) is 0 Å². The lowest BCUT2D eigenvalue weighted by atomic mass is 10.2. The molecule has 0 saturated heterocycles. The van der Waals surface area contributed by atoms with Crippen LogP contribution >= 0.6 is 11.8 Å². The molecule has 1 aliphatic rings. The number of aromatic nitrogens is 2. The zero-order chi connectivity index (χ0) is 12.5. The normalized spacial score (nSPS) is 15.2. The van der Waals surface area contributed by atoms with E-state index in [0.717, 1.165) is 29.3 Å². The molecule has 1 aliphatic heterocycles. The molecule has 0 fully saturated rings. The first-order chi connectivity index (χ1) is 7.94. The van der Waals surface area contributed by atoms with Gasteiger partial charge in [-0.15, -0.1) is 0 Å². The fourth-order valence-electron chi connectivity index (χ4n) is 1.57. The van der Waals surface area contributed by atoms with E-state index in [-0.39, 0.29) is 0 Å². The molecule has 0 radical (unpaired) electrons. The quantitative estimate of drug-likeness (QED) is 0.809. The topological polar surface area (TPSA) is 67.0 Å². The van der Waals surface area contributed by atoms with Crippen LogP contribution in [0.25, 0.3) is 0 Å². The predicted octanol–water partition coefficient (Wildman–Crippen LogP) is 2.55. The van der Waals surface area contributed by atoms with Crippen LogP contribution in [-0.2, 0) is 16.9 Å².